The van der Waals surface area contributed by atoms with Crippen LogP contribution in [0.4, 0.5) is 5.82 Å². The Morgan fingerprint density at radius 1 is 1.32 bits per heavy atom. The maximum Gasteiger partial charge on any atom is 0.151 e. The fourth-order valence-corrected chi connectivity index (χ4v) is 2.75. The molecule has 19 heavy (non-hydrogen) atoms. The SMILES string of the molecule is NCCC1CCCN1c1ccc(-c2cc[nH]c2)nn1. The first-order valence-electron chi connectivity index (χ1n) is 6.82. The molecule has 0 aromatic carbocycles. The number of rotatable bonds is 4. The summed E-state index contributed by atoms with van der Waals surface area (Å²) < 4.78 is 0. The highest BCUT2D eigenvalue weighted by Gasteiger charge is 2.25. The smallest absolute Gasteiger partial charge is 0.151 e. The molecule has 1 aliphatic heterocycles. The molecule has 0 amide bonds. The average Bonchev–Trinajstić information content (AvgIpc) is 3.10. The summed E-state index contributed by atoms with van der Waals surface area (Å²) in [5.74, 6) is 0.968. The number of hydrogen-bond acceptors (Lipinski definition) is 4. The maximum absolute atomic E-state index is 5.67. The highest BCUT2D eigenvalue weighted by atomic mass is 15.3. The van der Waals surface area contributed by atoms with E-state index in [0.29, 0.717) is 6.04 Å². The predicted molar refractivity (Wildman–Crippen MR) is 75.9 cm³/mol. The van der Waals surface area contributed by atoms with Gasteiger partial charge in [-0.1, -0.05) is 0 Å². The van der Waals surface area contributed by atoms with Crippen LogP contribution in [-0.2, 0) is 0 Å². The molecule has 100 valence electrons. The molecule has 1 atom stereocenters. The van der Waals surface area contributed by atoms with E-state index >= 15 is 0 Å². The van der Waals surface area contributed by atoms with E-state index in [4.69, 9.17) is 5.73 Å². The van der Waals surface area contributed by atoms with Crippen molar-refractivity contribution in [1.82, 2.24) is 15.2 Å². The number of nitrogens with zero attached hydrogens (tertiary/aromatic N) is 3. The third kappa shape index (κ3) is 2.46. The lowest BCUT2D eigenvalue weighted by atomic mass is 10.1. The molecule has 1 unspecified atom stereocenters. The van der Waals surface area contributed by atoms with Crippen molar-refractivity contribution in [3.8, 4) is 11.3 Å². The molecule has 5 heteroatoms. The molecule has 0 saturated carbocycles. The van der Waals surface area contributed by atoms with Crippen LogP contribution in [0.25, 0.3) is 11.3 Å². The number of nitrogens with two attached hydrogens (primary N) is 1. The summed E-state index contributed by atoms with van der Waals surface area (Å²) in [5, 5.41) is 8.69. The summed E-state index contributed by atoms with van der Waals surface area (Å²) in [6, 6.07) is 6.61. The summed E-state index contributed by atoms with van der Waals surface area (Å²) in [6.45, 7) is 1.79. The molecule has 0 radical (unpaired) electrons. The molecule has 2 aromatic rings. The maximum atomic E-state index is 5.67. The van der Waals surface area contributed by atoms with Gasteiger partial charge < -0.3 is 15.6 Å². The molecule has 3 heterocycles. The Labute approximate surface area is 112 Å². The fourth-order valence-electron chi connectivity index (χ4n) is 2.75. The molecule has 1 saturated heterocycles. The van der Waals surface area contributed by atoms with Crippen molar-refractivity contribution in [3.05, 3.63) is 30.6 Å². The fraction of sp³-hybridized carbons (Fsp3) is 0.429. The van der Waals surface area contributed by atoms with Gasteiger partial charge in [0.05, 0.1) is 5.69 Å². The Kier molecular flexibility index (Phi) is 3.46. The van der Waals surface area contributed by atoms with E-state index in [1.165, 1.54) is 12.8 Å². The molecule has 0 spiro atoms. The summed E-state index contributed by atoms with van der Waals surface area (Å²) in [4.78, 5) is 5.36. The second-order valence-corrected chi connectivity index (χ2v) is 4.94. The number of aromatic amines is 1. The zero-order chi connectivity index (χ0) is 13.1. The van der Waals surface area contributed by atoms with E-state index < -0.39 is 0 Å². The Morgan fingerprint density at radius 2 is 2.26 bits per heavy atom. The lowest BCUT2D eigenvalue weighted by Crippen LogP contribution is -2.31. The third-order valence-electron chi connectivity index (χ3n) is 3.72. The summed E-state index contributed by atoms with van der Waals surface area (Å²) >= 11 is 0. The second-order valence-electron chi connectivity index (χ2n) is 4.94. The van der Waals surface area contributed by atoms with Crippen LogP contribution in [-0.4, -0.2) is 34.3 Å². The first-order valence-corrected chi connectivity index (χ1v) is 6.82. The Hall–Kier alpha value is -1.88. The highest BCUT2D eigenvalue weighted by molar-refractivity contribution is 5.58. The van der Waals surface area contributed by atoms with Crippen LogP contribution in [0.5, 0.6) is 0 Å². The van der Waals surface area contributed by atoms with Crippen molar-refractivity contribution in [3.63, 3.8) is 0 Å². The monoisotopic (exact) mass is 257 g/mol. The van der Waals surface area contributed by atoms with Gasteiger partial charge in [-0.3, -0.25) is 0 Å². The van der Waals surface area contributed by atoms with E-state index in [1.54, 1.807) is 0 Å². The van der Waals surface area contributed by atoms with Crippen LogP contribution in [0.15, 0.2) is 30.6 Å². The summed E-state index contributed by atoms with van der Waals surface area (Å²) in [5.41, 5.74) is 7.64. The van der Waals surface area contributed by atoms with Crippen molar-refractivity contribution in [2.75, 3.05) is 18.0 Å². The predicted octanol–water partition coefficient (Wildman–Crippen LogP) is 1.79. The van der Waals surface area contributed by atoms with E-state index in [2.05, 4.69) is 26.1 Å². The van der Waals surface area contributed by atoms with Crippen molar-refractivity contribution in [1.29, 1.82) is 0 Å². The van der Waals surface area contributed by atoms with Crippen molar-refractivity contribution >= 4 is 5.82 Å². The summed E-state index contributed by atoms with van der Waals surface area (Å²) in [6.07, 6.45) is 7.27. The third-order valence-corrected chi connectivity index (χ3v) is 3.72. The van der Waals surface area contributed by atoms with Crippen LogP contribution in [0.2, 0.25) is 0 Å². The van der Waals surface area contributed by atoms with Gasteiger partial charge in [-0.05, 0) is 44.0 Å². The number of aromatic nitrogens is 3. The number of nitrogens with one attached hydrogen (secondary N) is 1. The van der Waals surface area contributed by atoms with E-state index in [1.807, 2.05) is 24.5 Å². The van der Waals surface area contributed by atoms with E-state index in [9.17, 15) is 0 Å². The Bertz CT molecular complexity index is 505. The quantitative estimate of drug-likeness (QED) is 0.876. The molecular formula is C14H19N5. The van der Waals surface area contributed by atoms with Gasteiger partial charge in [0.15, 0.2) is 5.82 Å². The average molecular weight is 257 g/mol. The Morgan fingerprint density at radius 3 is 2.95 bits per heavy atom. The van der Waals surface area contributed by atoms with Crippen molar-refractivity contribution < 1.29 is 0 Å². The van der Waals surface area contributed by atoms with Gasteiger partial charge in [0.25, 0.3) is 0 Å². The normalized spacial score (nSPS) is 19.0. The number of H-pyrrole nitrogens is 1. The lowest BCUT2D eigenvalue weighted by molar-refractivity contribution is 0.612. The van der Waals surface area contributed by atoms with Gasteiger partial charge in [0.1, 0.15) is 0 Å². The van der Waals surface area contributed by atoms with Crippen LogP contribution >= 0.6 is 0 Å². The van der Waals surface area contributed by atoms with Crippen LogP contribution in [0.3, 0.4) is 0 Å². The molecule has 2 aromatic heterocycles. The van der Waals surface area contributed by atoms with Crippen molar-refractivity contribution in [2.24, 2.45) is 5.73 Å². The number of hydrogen-bond donors (Lipinski definition) is 2. The highest BCUT2D eigenvalue weighted by Crippen LogP contribution is 2.26. The molecule has 1 aliphatic rings. The molecule has 1 fully saturated rings. The van der Waals surface area contributed by atoms with Gasteiger partial charge in [-0.15, -0.1) is 10.2 Å². The largest absolute Gasteiger partial charge is 0.367 e. The minimum absolute atomic E-state index is 0.525. The zero-order valence-corrected chi connectivity index (χ0v) is 10.9. The first kappa shape index (κ1) is 12.2. The summed E-state index contributed by atoms with van der Waals surface area (Å²) in [7, 11) is 0. The van der Waals surface area contributed by atoms with Crippen LogP contribution < -0.4 is 10.6 Å². The van der Waals surface area contributed by atoms with E-state index in [0.717, 1.165) is 36.6 Å². The van der Waals surface area contributed by atoms with Gasteiger partial charge in [0.2, 0.25) is 0 Å². The van der Waals surface area contributed by atoms with E-state index in [-0.39, 0.29) is 0 Å². The minimum Gasteiger partial charge on any atom is -0.367 e. The van der Waals surface area contributed by atoms with Crippen LogP contribution in [0, 0.1) is 0 Å². The molecular weight excluding hydrogens is 238 g/mol. The number of anilines is 1. The molecule has 3 rings (SSSR count). The Balaban J connectivity index is 1.79. The molecule has 3 N–H and O–H groups in total. The van der Waals surface area contributed by atoms with Gasteiger partial charge in [-0.25, -0.2) is 0 Å². The topological polar surface area (TPSA) is 70.8 Å². The van der Waals surface area contributed by atoms with Crippen molar-refractivity contribution in [2.45, 2.75) is 25.3 Å². The molecule has 0 aliphatic carbocycles. The zero-order valence-electron chi connectivity index (χ0n) is 10.9. The molecule has 5 nitrogen and oxygen atoms in total. The van der Waals surface area contributed by atoms with Gasteiger partial charge in [0, 0.05) is 30.5 Å². The molecule has 0 bridgehead atoms. The standard InChI is InChI=1S/C14H19N5/c15-7-5-12-2-1-9-19(12)14-4-3-13(17-18-14)11-6-8-16-10-11/h3-4,6,8,10,12,16H,1-2,5,7,9,15H2. The minimum atomic E-state index is 0.525. The second kappa shape index (κ2) is 5.40. The first-order chi connectivity index (χ1) is 9.38. The van der Waals surface area contributed by atoms with Gasteiger partial charge in [-0.2, -0.15) is 0 Å². The lowest BCUT2D eigenvalue weighted by Gasteiger charge is -2.24. The van der Waals surface area contributed by atoms with Gasteiger partial charge >= 0.3 is 0 Å². The van der Waals surface area contributed by atoms with Crippen LogP contribution in [0.1, 0.15) is 19.3 Å².